The third kappa shape index (κ3) is 2.32. The van der Waals surface area contributed by atoms with Crippen LogP contribution in [0, 0.1) is 6.92 Å². The lowest BCUT2D eigenvalue weighted by molar-refractivity contribution is 0.00578. The van der Waals surface area contributed by atoms with Crippen molar-refractivity contribution in [3.05, 3.63) is 10.7 Å². The lowest BCUT2D eigenvalue weighted by atomic mass is 9.86. The molecule has 110 valence electrons. The van der Waals surface area contributed by atoms with Gasteiger partial charge in [0, 0.05) is 12.3 Å². The first kappa shape index (κ1) is 14.5. The first-order valence-corrected chi connectivity index (χ1v) is 8.06. The van der Waals surface area contributed by atoms with E-state index in [4.69, 9.17) is 14.0 Å². The van der Waals surface area contributed by atoms with Crippen molar-refractivity contribution in [2.24, 2.45) is 0 Å². The molecule has 0 bridgehead atoms. The van der Waals surface area contributed by atoms with Crippen LogP contribution < -0.4 is 4.78 Å². The van der Waals surface area contributed by atoms with Gasteiger partial charge in [-0.25, -0.2) is 4.98 Å². The Bertz CT molecular complexity index is 493. The fourth-order valence-corrected chi connectivity index (χ4v) is 3.62. The molecule has 1 aromatic heterocycles. The standard InChI is InChI=1S/C14H22BNO3S/c1-9-11(15-18-13(2,3)14(4,5)19-15)20-12(16-9)10-7-6-8-17-10/h10H,6-8H2,1-5H3. The molecular formula is C14H22BNO3S. The summed E-state index contributed by atoms with van der Waals surface area (Å²) in [5, 5.41) is 1.06. The van der Waals surface area contributed by atoms with Crippen molar-refractivity contribution in [3.63, 3.8) is 0 Å². The quantitative estimate of drug-likeness (QED) is 0.786. The monoisotopic (exact) mass is 295 g/mol. The molecule has 0 radical (unpaired) electrons. The van der Waals surface area contributed by atoms with E-state index < -0.39 is 0 Å². The second-order valence-corrected chi connectivity index (χ2v) is 7.65. The zero-order valence-electron chi connectivity index (χ0n) is 12.9. The van der Waals surface area contributed by atoms with Crippen molar-refractivity contribution in [3.8, 4) is 0 Å². The van der Waals surface area contributed by atoms with Crippen molar-refractivity contribution in [2.45, 2.75) is 64.8 Å². The summed E-state index contributed by atoms with van der Waals surface area (Å²) >= 11 is 1.67. The van der Waals surface area contributed by atoms with Crippen LogP contribution in [0.1, 0.15) is 57.3 Å². The molecule has 0 aromatic carbocycles. The van der Waals surface area contributed by atoms with Gasteiger partial charge in [-0.1, -0.05) is 0 Å². The minimum absolute atomic E-state index is 0.162. The molecule has 6 heteroatoms. The molecule has 0 saturated carbocycles. The fraction of sp³-hybridized carbons (Fsp3) is 0.786. The number of hydrogen-bond donors (Lipinski definition) is 0. The highest BCUT2D eigenvalue weighted by Gasteiger charge is 2.53. The van der Waals surface area contributed by atoms with Gasteiger partial charge in [0.05, 0.1) is 16.0 Å². The van der Waals surface area contributed by atoms with Gasteiger partial charge in [-0.2, -0.15) is 0 Å². The zero-order chi connectivity index (χ0) is 14.5. The Morgan fingerprint density at radius 2 is 1.85 bits per heavy atom. The Labute approximate surface area is 125 Å². The fourth-order valence-electron chi connectivity index (χ4n) is 2.51. The molecule has 2 fully saturated rings. The Kier molecular flexibility index (Phi) is 3.48. The molecule has 1 atom stereocenters. The van der Waals surface area contributed by atoms with Gasteiger partial charge in [-0.15, -0.1) is 11.3 Å². The number of ether oxygens (including phenoxy) is 1. The molecule has 0 N–H and O–H groups in total. The van der Waals surface area contributed by atoms with Crippen LogP contribution in [0.3, 0.4) is 0 Å². The molecule has 2 saturated heterocycles. The van der Waals surface area contributed by atoms with Crippen LogP contribution in [0.4, 0.5) is 0 Å². The topological polar surface area (TPSA) is 40.6 Å². The minimum atomic E-state index is -0.312. The molecule has 0 aliphatic carbocycles. The van der Waals surface area contributed by atoms with E-state index in [1.165, 1.54) is 0 Å². The van der Waals surface area contributed by atoms with E-state index >= 15 is 0 Å². The Morgan fingerprint density at radius 3 is 2.40 bits per heavy atom. The largest absolute Gasteiger partial charge is 0.507 e. The van der Waals surface area contributed by atoms with E-state index in [0.29, 0.717) is 0 Å². The van der Waals surface area contributed by atoms with Crippen molar-refractivity contribution < 1.29 is 14.0 Å². The van der Waals surface area contributed by atoms with Crippen LogP contribution in [0.2, 0.25) is 0 Å². The van der Waals surface area contributed by atoms with Crippen molar-refractivity contribution >= 4 is 23.2 Å². The SMILES string of the molecule is Cc1nc(C2CCCO2)sc1B1OC(C)(C)C(C)(C)O1. The van der Waals surface area contributed by atoms with Gasteiger partial charge in [0.1, 0.15) is 11.1 Å². The van der Waals surface area contributed by atoms with E-state index in [2.05, 4.69) is 32.7 Å². The van der Waals surface area contributed by atoms with E-state index in [0.717, 1.165) is 34.9 Å². The summed E-state index contributed by atoms with van der Waals surface area (Å²) in [4.78, 5) is 4.67. The third-order valence-corrected chi connectivity index (χ3v) is 5.79. The van der Waals surface area contributed by atoms with Crippen LogP contribution in [-0.4, -0.2) is 29.9 Å². The van der Waals surface area contributed by atoms with Crippen LogP contribution in [0.5, 0.6) is 0 Å². The summed E-state index contributed by atoms with van der Waals surface area (Å²) in [6.45, 7) is 11.2. The normalized spacial score (nSPS) is 28.2. The van der Waals surface area contributed by atoms with Crippen molar-refractivity contribution in [1.29, 1.82) is 0 Å². The maximum absolute atomic E-state index is 6.11. The van der Waals surface area contributed by atoms with Gasteiger partial charge in [0.25, 0.3) is 0 Å². The minimum Gasteiger partial charge on any atom is -0.399 e. The van der Waals surface area contributed by atoms with Crippen LogP contribution in [0.25, 0.3) is 0 Å². The van der Waals surface area contributed by atoms with Gasteiger partial charge < -0.3 is 14.0 Å². The number of thiazole rings is 1. The number of hydrogen-bond acceptors (Lipinski definition) is 5. The Morgan fingerprint density at radius 1 is 1.20 bits per heavy atom. The van der Waals surface area contributed by atoms with E-state index in [1.807, 2.05) is 6.92 Å². The molecule has 0 amide bonds. The van der Waals surface area contributed by atoms with E-state index in [9.17, 15) is 0 Å². The summed E-state index contributed by atoms with van der Waals surface area (Å²) in [6, 6.07) is 0. The lowest BCUT2D eigenvalue weighted by Crippen LogP contribution is -2.41. The van der Waals surface area contributed by atoms with Crippen molar-refractivity contribution in [1.82, 2.24) is 4.98 Å². The summed E-state index contributed by atoms with van der Waals surface area (Å²) in [5.41, 5.74) is 0.384. The molecule has 1 aromatic rings. The molecule has 0 spiro atoms. The molecule has 3 heterocycles. The van der Waals surface area contributed by atoms with E-state index in [1.54, 1.807) is 11.3 Å². The maximum atomic E-state index is 6.11. The number of rotatable bonds is 2. The molecule has 2 aliphatic heterocycles. The molecular weight excluding hydrogens is 273 g/mol. The third-order valence-electron chi connectivity index (χ3n) is 4.52. The second kappa shape index (κ2) is 4.80. The van der Waals surface area contributed by atoms with Crippen LogP contribution in [-0.2, 0) is 14.0 Å². The summed E-state index contributed by atoms with van der Waals surface area (Å²) < 4.78 is 19.0. The number of aryl methyl sites for hydroxylation is 1. The maximum Gasteiger partial charge on any atom is 0.507 e. The van der Waals surface area contributed by atoms with Gasteiger partial charge in [0.2, 0.25) is 0 Å². The van der Waals surface area contributed by atoms with Crippen LogP contribution >= 0.6 is 11.3 Å². The number of nitrogens with zero attached hydrogens (tertiary/aromatic N) is 1. The predicted molar refractivity (Wildman–Crippen MR) is 80.5 cm³/mol. The highest BCUT2D eigenvalue weighted by atomic mass is 32.1. The summed E-state index contributed by atoms with van der Waals surface area (Å²) in [6.07, 6.45) is 2.35. The molecule has 2 aliphatic rings. The molecule has 4 nitrogen and oxygen atoms in total. The Balaban J connectivity index is 1.85. The van der Waals surface area contributed by atoms with Gasteiger partial charge in [-0.05, 0) is 47.5 Å². The summed E-state index contributed by atoms with van der Waals surface area (Å²) in [5.74, 6) is 0. The second-order valence-electron chi connectivity index (χ2n) is 6.59. The van der Waals surface area contributed by atoms with Crippen LogP contribution in [0.15, 0.2) is 0 Å². The van der Waals surface area contributed by atoms with Crippen molar-refractivity contribution in [2.75, 3.05) is 6.61 Å². The first-order chi connectivity index (χ1) is 9.30. The predicted octanol–water partition coefficient (Wildman–Crippen LogP) is 2.60. The molecule has 1 unspecified atom stereocenters. The van der Waals surface area contributed by atoms with Gasteiger partial charge in [0.15, 0.2) is 0 Å². The lowest BCUT2D eigenvalue weighted by Gasteiger charge is -2.32. The highest BCUT2D eigenvalue weighted by molar-refractivity contribution is 7.22. The zero-order valence-corrected chi connectivity index (χ0v) is 13.7. The van der Waals surface area contributed by atoms with Gasteiger partial charge >= 0.3 is 7.12 Å². The summed E-state index contributed by atoms with van der Waals surface area (Å²) in [7, 11) is -0.312. The average molecular weight is 295 g/mol. The number of aromatic nitrogens is 1. The van der Waals surface area contributed by atoms with Gasteiger partial charge in [-0.3, -0.25) is 0 Å². The smallest absolute Gasteiger partial charge is 0.399 e. The van der Waals surface area contributed by atoms with E-state index in [-0.39, 0.29) is 24.4 Å². The first-order valence-electron chi connectivity index (χ1n) is 7.25. The molecule has 3 rings (SSSR count). The molecule has 20 heavy (non-hydrogen) atoms. The Hall–Kier alpha value is -0.425. The average Bonchev–Trinajstić information content (AvgIpc) is 2.98. The highest BCUT2D eigenvalue weighted by Crippen LogP contribution is 2.38.